The number of nitro benzene ring substituents is 1. The van der Waals surface area contributed by atoms with Crippen LogP contribution in [-0.4, -0.2) is 74.9 Å². The number of nitro groups is 1. The number of nitrogens with zero attached hydrogens (tertiary/aromatic N) is 3. The van der Waals surface area contributed by atoms with Gasteiger partial charge in [-0.1, -0.05) is 0 Å². The summed E-state index contributed by atoms with van der Waals surface area (Å²) in [6.45, 7) is 3.00. The summed E-state index contributed by atoms with van der Waals surface area (Å²) in [5, 5.41) is 14.2. The standard InChI is InChI=1S/C16H22N4O5S/c1-18-5-7-19(8-6-18)14-3-2-12(10-15(14)20(22)23)16(21)17-13-4-9-26(24,25)11-13/h2-3,10,13H,4-9,11H2,1H3,(H,17,21)/t13-/m0/s1. The van der Waals surface area contributed by atoms with Gasteiger partial charge in [0, 0.05) is 43.9 Å². The van der Waals surface area contributed by atoms with E-state index in [9.17, 15) is 23.3 Å². The van der Waals surface area contributed by atoms with Gasteiger partial charge in [-0.25, -0.2) is 8.42 Å². The number of amides is 1. The van der Waals surface area contributed by atoms with Crippen molar-refractivity contribution >= 4 is 27.1 Å². The first-order valence-corrected chi connectivity index (χ1v) is 10.3. The van der Waals surface area contributed by atoms with E-state index in [4.69, 9.17) is 0 Å². The lowest BCUT2D eigenvalue weighted by atomic mass is 10.1. The molecule has 2 saturated heterocycles. The Morgan fingerprint density at radius 3 is 2.54 bits per heavy atom. The quantitative estimate of drug-likeness (QED) is 0.587. The Kier molecular flexibility index (Phi) is 5.15. The zero-order chi connectivity index (χ0) is 18.9. The number of nitrogens with one attached hydrogen (secondary N) is 1. The third-order valence-electron chi connectivity index (χ3n) is 4.85. The van der Waals surface area contributed by atoms with E-state index < -0.39 is 26.7 Å². The maximum absolute atomic E-state index is 12.4. The third-order valence-corrected chi connectivity index (χ3v) is 6.61. The molecule has 3 rings (SSSR count). The lowest BCUT2D eigenvalue weighted by Gasteiger charge is -2.33. The summed E-state index contributed by atoms with van der Waals surface area (Å²) in [6.07, 6.45) is 0.371. The number of carbonyl (C=O) groups is 1. The van der Waals surface area contributed by atoms with Gasteiger partial charge < -0.3 is 15.1 Å². The molecular formula is C16H22N4O5S. The Hall–Kier alpha value is -2.20. The van der Waals surface area contributed by atoms with Crippen LogP contribution in [0.25, 0.3) is 0 Å². The van der Waals surface area contributed by atoms with Gasteiger partial charge in [-0.2, -0.15) is 0 Å². The molecule has 0 radical (unpaired) electrons. The minimum Gasteiger partial charge on any atom is -0.363 e. The zero-order valence-electron chi connectivity index (χ0n) is 14.6. The molecule has 10 heteroatoms. The van der Waals surface area contributed by atoms with Crippen LogP contribution < -0.4 is 10.2 Å². The number of likely N-dealkylation sites (N-methyl/N-ethyl adjacent to an activating group) is 1. The van der Waals surface area contributed by atoms with Crippen molar-refractivity contribution in [1.29, 1.82) is 0 Å². The third kappa shape index (κ3) is 4.13. The predicted octanol–water partition coefficient (Wildman–Crippen LogP) is 0.264. The molecule has 1 aromatic rings. The number of piperazine rings is 1. The van der Waals surface area contributed by atoms with Gasteiger partial charge >= 0.3 is 0 Å². The molecule has 26 heavy (non-hydrogen) atoms. The Morgan fingerprint density at radius 2 is 1.96 bits per heavy atom. The van der Waals surface area contributed by atoms with Crippen LogP contribution >= 0.6 is 0 Å². The molecule has 0 bridgehead atoms. The van der Waals surface area contributed by atoms with Crippen molar-refractivity contribution in [2.24, 2.45) is 0 Å². The molecular weight excluding hydrogens is 360 g/mol. The summed E-state index contributed by atoms with van der Waals surface area (Å²) in [4.78, 5) is 27.5. The summed E-state index contributed by atoms with van der Waals surface area (Å²) >= 11 is 0. The largest absolute Gasteiger partial charge is 0.363 e. The Bertz CT molecular complexity index is 818. The maximum atomic E-state index is 12.4. The second-order valence-electron chi connectivity index (χ2n) is 6.82. The van der Waals surface area contributed by atoms with Crippen molar-refractivity contribution in [2.75, 3.05) is 49.6 Å². The summed E-state index contributed by atoms with van der Waals surface area (Å²) in [7, 11) is -1.10. The van der Waals surface area contributed by atoms with Crippen LogP contribution in [0, 0.1) is 10.1 Å². The maximum Gasteiger partial charge on any atom is 0.293 e. The SMILES string of the molecule is CN1CCN(c2ccc(C(=O)N[C@H]3CCS(=O)(=O)C3)cc2[N+](=O)[O-])CC1. The summed E-state index contributed by atoms with van der Waals surface area (Å²) in [5.41, 5.74) is 0.559. The second kappa shape index (κ2) is 7.20. The van der Waals surface area contributed by atoms with Crippen molar-refractivity contribution in [3.8, 4) is 0 Å². The summed E-state index contributed by atoms with van der Waals surface area (Å²) in [6, 6.07) is 3.99. The molecule has 2 aliphatic rings. The second-order valence-corrected chi connectivity index (χ2v) is 9.05. The normalized spacial score (nSPS) is 23.0. The topological polar surface area (TPSA) is 113 Å². The van der Waals surface area contributed by atoms with Crippen molar-refractivity contribution < 1.29 is 18.1 Å². The van der Waals surface area contributed by atoms with Gasteiger partial charge in [0.25, 0.3) is 11.6 Å². The monoisotopic (exact) mass is 382 g/mol. The first-order chi connectivity index (χ1) is 12.2. The first kappa shape index (κ1) is 18.6. The van der Waals surface area contributed by atoms with E-state index in [-0.39, 0.29) is 22.8 Å². The molecule has 0 saturated carbocycles. The van der Waals surface area contributed by atoms with E-state index in [2.05, 4.69) is 10.2 Å². The number of rotatable bonds is 4. The van der Waals surface area contributed by atoms with Crippen molar-refractivity contribution in [3.63, 3.8) is 0 Å². The fourth-order valence-electron chi connectivity index (χ4n) is 3.30. The number of sulfone groups is 1. The molecule has 2 fully saturated rings. The minimum absolute atomic E-state index is 0.0560. The van der Waals surface area contributed by atoms with Crippen LogP contribution in [-0.2, 0) is 9.84 Å². The van der Waals surface area contributed by atoms with Crippen molar-refractivity contribution in [3.05, 3.63) is 33.9 Å². The first-order valence-electron chi connectivity index (χ1n) is 8.48. The number of hydrogen-bond acceptors (Lipinski definition) is 7. The molecule has 1 N–H and O–H groups in total. The Labute approximate surface area is 152 Å². The van der Waals surface area contributed by atoms with Crippen LogP contribution in [0.4, 0.5) is 11.4 Å². The highest BCUT2D eigenvalue weighted by molar-refractivity contribution is 7.91. The van der Waals surface area contributed by atoms with Crippen LogP contribution in [0.2, 0.25) is 0 Å². The fourth-order valence-corrected chi connectivity index (χ4v) is 4.98. The Balaban J connectivity index is 1.77. The molecule has 0 aromatic heterocycles. The van der Waals surface area contributed by atoms with Gasteiger partial charge in [-0.3, -0.25) is 14.9 Å². The zero-order valence-corrected chi connectivity index (χ0v) is 15.4. The van der Waals surface area contributed by atoms with E-state index in [1.807, 2.05) is 11.9 Å². The van der Waals surface area contributed by atoms with E-state index in [0.29, 0.717) is 25.2 Å². The van der Waals surface area contributed by atoms with Gasteiger partial charge in [0.15, 0.2) is 9.84 Å². The van der Waals surface area contributed by atoms with Crippen LogP contribution in [0.3, 0.4) is 0 Å². The molecule has 142 valence electrons. The van der Waals surface area contributed by atoms with E-state index >= 15 is 0 Å². The molecule has 2 heterocycles. The van der Waals surface area contributed by atoms with Gasteiger partial charge in [-0.05, 0) is 25.6 Å². The number of carbonyl (C=O) groups excluding carboxylic acids is 1. The van der Waals surface area contributed by atoms with Gasteiger partial charge in [0.2, 0.25) is 0 Å². The molecule has 1 atom stereocenters. The average Bonchev–Trinajstić information content (AvgIpc) is 2.93. The van der Waals surface area contributed by atoms with Gasteiger partial charge in [0.1, 0.15) is 5.69 Å². The molecule has 1 aromatic carbocycles. The molecule has 0 spiro atoms. The van der Waals surface area contributed by atoms with E-state index in [1.54, 1.807) is 12.1 Å². The van der Waals surface area contributed by atoms with Crippen molar-refractivity contribution in [1.82, 2.24) is 10.2 Å². The number of benzene rings is 1. The minimum atomic E-state index is -3.10. The van der Waals surface area contributed by atoms with Crippen molar-refractivity contribution in [2.45, 2.75) is 12.5 Å². The fraction of sp³-hybridized carbons (Fsp3) is 0.562. The molecule has 0 unspecified atom stereocenters. The highest BCUT2D eigenvalue weighted by Crippen LogP contribution is 2.30. The summed E-state index contributed by atoms with van der Waals surface area (Å²) in [5.74, 6) is -0.513. The molecule has 1 amide bonds. The average molecular weight is 382 g/mol. The van der Waals surface area contributed by atoms with Crippen LogP contribution in [0.5, 0.6) is 0 Å². The highest BCUT2D eigenvalue weighted by Gasteiger charge is 2.30. The molecule has 0 aliphatic carbocycles. The number of hydrogen-bond donors (Lipinski definition) is 1. The lowest BCUT2D eigenvalue weighted by Crippen LogP contribution is -2.44. The van der Waals surface area contributed by atoms with Gasteiger partial charge in [-0.15, -0.1) is 0 Å². The van der Waals surface area contributed by atoms with Gasteiger partial charge in [0.05, 0.1) is 16.4 Å². The van der Waals surface area contributed by atoms with E-state index in [1.165, 1.54) is 6.07 Å². The number of anilines is 1. The molecule has 2 aliphatic heterocycles. The Morgan fingerprint density at radius 1 is 1.27 bits per heavy atom. The van der Waals surface area contributed by atoms with Crippen LogP contribution in [0.1, 0.15) is 16.8 Å². The van der Waals surface area contributed by atoms with Crippen LogP contribution in [0.15, 0.2) is 18.2 Å². The summed E-state index contributed by atoms with van der Waals surface area (Å²) < 4.78 is 23.0. The predicted molar refractivity (Wildman–Crippen MR) is 97.3 cm³/mol. The lowest BCUT2D eigenvalue weighted by molar-refractivity contribution is -0.384. The highest BCUT2D eigenvalue weighted by atomic mass is 32.2. The smallest absolute Gasteiger partial charge is 0.293 e. The van der Waals surface area contributed by atoms with E-state index in [0.717, 1.165) is 13.1 Å². The molecule has 9 nitrogen and oxygen atoms in total.